The highest BCUT2D eigenvalue weighted by Crippen LogP contribution is 2.28. The molecule has 108 valence electrons. The minimum absolute atomic E-state index is 0.343. The number of hydrogen-bond acceptors (Lipinski definition) is 3. The third-order valence-electron chi connectivity index (χ3n) is 2.38. The average molecular weight is 289 g/mol. The summed E-state index contributed by atoms with van der Waals surface area (Å²) in [5.74, 6) is -0.343. The molecule has 0 unspecified atom stereocenters. The van der Waals surface area contributed by atoms with Crippen LogP contribution < -0.4 is 10.1 Å². The number of imidazole rings is 1. The van der Waals surface area contributed by atoms with Crippen LogP contribution in [0.5, 0.6) is 5.75 Å². The topological polar surface area (TPSA) is 49.9 Å². The summed E-state index contributed by atoms with van der Waals surface area (Å²) in [5.41, 5.74) is 1.25. The summed E-state index contributed by atoms with van der Waals surface area (Å²) in [4.78, 5) is 6.67. The zero-order valence-corrected chi connectivity index (χ0v) is 10.1. The van der Waals surface area contributed by atoms with Crippen LogP contribution in [0.15, 0.2) is 36.8 Å². The largest absolute Gasteiger partial charge is 0.461 e. The van der Waals surface area contributed by atoms with Gasteiger partial charge in [-0.15, -0.1) is 0 Å². The summed E-state index contributed by atoms with van der Waals surface area (Å²) < 4.78 is 53.6. The Bertz CT molecular complexity index is 545. The van der Waals surface area contributed by atoms with Crippen LogP contribution in [0.2, 0.25) is 0 Å². The van der Waals surface area contributed by atoms with E-state index >= 15 is 0 Å². The fraction of sp³-hybridized carbons (Fsp3) is 0.250. The van der Waals surface area contributed by atoms with Crippen molar-refractivity contribution in [1.82, 2.24) is 9.97 Å². The number of anilines is 1. The molecule has 8 heteroatoms. The molecule has 1 aromatic heterocycles. The Morgan fingerprint density at radius 2 is 2.15 bits per heavy atom. The Labute approximate surface area is 111 Å². The van der Waals surface area contributed by atoms with Crippen molar-refractivity contribution in [2.75, 3.05) is 5.32 Å². The molecule has 0 saturated heterocycles. The molecule has 0 aliphatic rings. The molecule has 2 rings (SSSR count). The van der Waals surface area contributed by atoms with Crippen molar-refractivity contribution < 1.29 is 22.3 Å². The fourth-order valence-corrected chi connectivity index (χ4v) is 1.45. The van der Waals surface area contributed by atoms with Gasteiger partial charge in [0.15, 0.2) is 0 Å². The number of benzene rings is 1. The van der Waals surface area contributed by atoms with Gasteiger partial charge in [-0.1, -0.05) is 6.07 Å². The van der Waals surface area contributed by atoms with Crippen LogP contribution in [-0.2, 0) is 6.54 Å². The van der Waals surface area contributed by atoms with Crippen LogP contribution in [0.1, 0.15) is 5.69 Å². The molecule has 0 radical (unpaired) electrons. The lowest BCUT2D eigenvalue weighted by Crippen LogP contribution is -2.33. The summed E-state index contributed by atoms with van der Waals surface area (Å²) in [5, 5.41) is 2.92. The number of nitrogens with zero attached hydrogens (tertiary/aromatic N) is 1. The van der Waals surface area contributed by atoms with Crippen LogP contribution in [0.3, 0.4) is 0 Å². The zero-order valence-electron chi connectivity index (χ0n) is 10.1. The van der Waals surface area contributed by atoms with Crippen molar-refractivity contribution in [2.45, 2.75) is 19.1 Å². The average Bonchev–Trinajstić information content (AvgIpc) is 2.89. The summed E-state index contributed by atoms with van der Waals surface area (Å²) in [7, 11) is 0. The second-order valence-electron chi connectivity index (χ2n) is 3.92. The van der Waals surface area contributed by atoms with Crippen molar-refractivity contribution in [3.63, 3.8) is 0 Å². The van der Waals surface area contributed by atoms with E-state index in [0.29, 0.717) is 12.2 Å². The van der Waals surface area contributed by atoms with Crippen molar-refractivity contribution >= 4 is 5.69 Å². The van der Waals surface area contributed by atoms with Crippen molar-refractivity contribution in [3.8, 4) is 5.75 Å². The molecule has 0 atom stereocenters. The van der Waals surface area contributed by atoms with Crippen LogP contribution in [0, 0.1) is 0 Å². The minimum atomic E-state index is -4.51. The minimum Gasteiger partial charge on any atom is -0.428 e. The lowest BCUT2D eigenvalue weighted by molar-refractivity contribution is -0.253. The molecule has 0 fully saturated rings. The zero-order chi connectivity index (χ0) is 14.6. The number of hydrogen-bond donors (Lipinski definition) is 2. The Balaban J connectivity index is 2.00. The smallest absolute Gasteiger partial charge is 0.428 e. The van der Waals surface area contributed by atoms with Gasteiger partial charge in [-0.05, 0) is 12.1 Å². The van der Waals surface area contributed by atoms with Gasteiger partial charge in [-0.3, -0.25) is 0 Å². The van der Waals surface area contributed by atoms with Gasteiger partial charge in [0.2, 0.25) is 0 Å². The number of alkyl halides is 4. The number of halogens is 4. The van der Waals surface area contributed by atoms with E-state index in [1.165, 1.54) is 24.5 Å². The number of ether oxygens (including phenoxy) is 1. The number of H-pyrrole nitrogens is 1. The monoisotopic (exact) mass is 289 g/mol. The van der Waals surface area contributed by atoms with E-state index in [0.717, 1.165) is 5.69 Å². The normalized spacial score (nSPS) is 11.7. The maximum atomic E-state index is 12.8. The van der Waals surface area contributed by atoms with Crippen molar-refractivity contribution in [3.05, 3.63) is 42.5 Å². The van der Waals surface area contributed by atoms with E-state index in [1.807, 2.05) is 0 Å². The number of rotatable bonds is 6. The predicted octanol–water partition coefficient (Wildman–Crippen LogP) is 3.26. The van der Waals surface area contributed by atoms with E-state index in [-0.39, 0.29) is 5.75 Å². The molecule has 4 nitrogen and oxygen atoms in total. The standard InChI is InChI=1S/C12H11F4N3O/c13-11(14)12(15,16)20-10-3-1-2-8(4-10)18-6-9-5-17-7-19-9/h1-5,7,11,18H,6H2,(H,17,19). The second kappa shape index (κ2) is 5.81. The first-order valence-corrected chi connectivity index (χ1v) is 5.63. The molecule has 1 aromatic carbocycles. The van der Waals surface area contributed by atoms with Crippen LogP contribution in [0.25, 0.3) is 0 Å². The molecule has 0 saturated carbocycles. The van der Waals surface area contributed by atoms with E-state index < -0.39 is 12.5 Å². The highest BCUT2D eigenvalue weighted by atomic mass is 19.3. The first-order valence-electron chi connectivity index (χ1n) is 5.63. The summed E-state index contributed by atoms with van der Waals surface area (Å²) in [6.07, 6.45) is -5.30. The van der Waals surface area contributed by atoms with E-state index in [1.54, 1.807) is 12.3 Å². The van der Waals surface area contributed by atoms with Gasteiger partial charge in [-0.25, -0.2) is 4.98 Å². The van der Waals surface area contributed by atoms with Gasteiger partial charge in [0.1, 0.15) is 5.75 Å². The summed E-state index contributed by atoms with van der Waals surface area (Å²) in [6.45, 7) is 0.384. The first kappa shape index (κ1) is 14.2. The molecule has 0 aliphatic heterocycles. The molecular weight excluding hydrogens is 278 g/mol. The molecule has 1 heterocycles. The quantitative estimate of drug-likeness (QED) is 0.802. The van der Waals surface area contributed by atoms with Gasteiger partial charge in [0.25, 0.3) is 0 Å². The van der Waals surface area contributed by atoms with Crippen LogP contribution in [-0.4, -0.2) is 22.5 Å². The van der Waals surface area contributed by atoms with Gasteiger partial charge < -0.3 is 15.0 Å². The molecule has 0 aliphatic carbocycles. The first-order chi connectivity index (χ1) is 9.47. The Hall–Kier alpha value is -2.25. The molecule has 2 N–H and O–H groups in total. The maximum absolute atomic E-state index is 12.8. The lowest BCUT2D eigenvalue weighted by Gasteiger charge is -2.17. The molecule has 0 bridgehead atoms. The fourth-order valence-electron chi connectivity index (χ4n) is 1.45. The number of aromatic amines is 1. The van der Waals surface area contributed by atoms with E-state index in [2.05, 4.69) is 20.0 Å². The number of aromatic nitrogens is 2. The van der Waals surface area contributed by atoms with Crippen LogP contribution >= 0.6 is 0 Å². The highest BCUT2D eigenvalue weighted by Gasteiger charge is 2.43. The van der Waals surface area contributed by atoms with Gasteiger partial charge >= 0.3 is 12.5 Å². The lowest BCUT2D eigenvalue weighted by atomic mass is 10.3. The highest BCUT2D eigenvalue weighted by molar-refractivity contribution is 5.48. The maximum Gasteiger partial charge on any atom is 0.461 e. The third kappa shape index (κ3) is 3.62. The Morgan fingerprint density at radius 3 is 2.80 bits per heavy atom. The Morgan fingerprint density at radius 1 is 1.35 bits per heavy atom. The molecule has 0 spiro atoms. The molecular formula is C12H11F4N3O. The molecule has 20 heavy (non-hydrogen) atoms. The van der Waals surface area contributed by atoms with Gasteiger partial charge in [0.05, 0.1) is 18.6 Å². The third-order valence-corrected chi connectivity index (χ3v) is 2.38. The predicted molar refractivity (Wildman–Crippen MR) is 63.9 cm³/mol. The molecule has 0 amide bonds. The van der Waals surface area contributed by atoms with Crippen LogP contribution in [0.4, 0.5) is 23.2 Å². The second-order valence-corrected chi connectivity index (χ2v) is 3.92. The summed E-state index contributed by atoms with van der Waals surface area (Å²) >= 11 is 0. The van der Waals surface area contributed by atoms with Crippen molar-refractivity contribution in [1.29, 1.82) is 0 Å². The number of nitrogens with one attached hydrogen (secondary N) is 2. The van der Waals surface area contributed by atoms with E-state index in [4.69, 9.17) is 0 Å². The summed E-state index contributed by atoms with van der Waals surface area (Å²) in [6, 6.07) is 5.42. The SMILES string of the molecule is FC(F)C(F)(F)Oc1cccc(NCc2cnc[nH]2)c1. The van der Waals surface area contributed by atoms with Gasteiger partial charge in [0, 0.05) is 18.0 Å². The Kier molecular flexibility index (Phi) is 4.11. The van der Waals surface area contributed by atoms with Gasteiger partial charge in [-0.2, -0.15) is 17.6 Å². The van der Waals surface area contributed by atoms with E-state index in [9.17, 15) is 17.6 Å². The van der Waals surface area contributed by atoms with Crippen molar-refractivity contribution in [2.24, 2.45) is 0 Å². The molecule has 2 aromatic rings.